The lowest BCUT2D eigenvalue weighted by atomic mass is 10.0. The first-order valence-corrected chi connectivity index (χ1v) is 13.9. The normalized spacial score (nSPS) is 15.3. The molecular formula is C32H37N9. The average Bonchev–Trinajstić information content (AvgIpc) is 3.00. The molecule has 3 aromatic carbocycles. The molecule has 1 aromatic heterocycles. The number of piperidine rings is 1. The number of benzene rings is 3. The molecule has 5 rings (SSSR count). The number of aliphatic imine (C=N–C) groups is 2. The zero-order valence-corrected chi connectivity index (χ0v) is 23.4. The molecule has 0 saturated carbocycles. The fourth-order valence-electron chi connectivity index (χ4n) is 5.32. The van der Waals surface area contributed by atoms with Gasteiger partial charge in [0.25, 0.3) is 0 Å². The van der Waals surface area contributed by atoms with Crippen molar-refractivity contribution in [1.29, 1.82) is 0 Å². The lowest BCUT2D eigenvalue weighted by Crippen LogP contribution is -2.43. The first-order valence-electron chi connectivity index (χ1n) is 13.9. The van der Waals surface area contributed by atoms with Crippen LogP contribution in [0.3, 0.4) is 0 Å². The summed E-state index contributed by atoms with van der Waals surface area (Å²) in [7, 11) is 1.76. The van der Waals surface area contributed by atoms with E-state index in [2.05, 4.69) is 56.2 Å². The van der Waals surface area contributed by atoms with Gasteiger partial charge in [0, 0.05) is 56.1 Å². The number of aromatic nitrogens is 2. The van der Waals surface area contributed by atoms with E-state index in [4.69, 9.17) is 27.2 Å². The molecule has 210 valence electrons. The van der Waals surface area contributed by atoms with Crippen LogP contribution >= 0.6 is 0 Å². The van der Waals surface area contributed by atoms with Gasteiger partial charge in [-0.2, -0.15) is 0 Å². The highest BCUT2D eigenvalue weighted by molar-refractivity contribution is 5.87. The lowest BCUT2D eigenvalue weighted by molar-refractivity contribution is 0.163. The van der Waals surface area contributed by atoms with E-state index in [-0.39, 0.29) is 6.04 Å². The number of rotatable bonds is 9. The van der Waals surface area contributed by atoms with Crippen molar-refractivity contribution >= 4 is 29.4 Å². The van der Waals surface area contributed by atoms with Crippen molar-refractivity contribution in [1.82, 2.24) is 19.8 Å². The van der Waals surface area contributed by atoms with E-state index < -0.39 is 0 Å². The number of anilines is 1. The van der Waals surface area contributed by atoms with Gasteiger partial charge in [-0.3, -0.25) is 9.89 Å². The quantitative estimate of drug-likeness (QED) is 0.162. The van der Waals surface area contributed by atoms with Crippen LogP contribution in [0.25, 0.3) is 33.5 Å². The summed E-state index contributed by atoms with van der Waals surface area (Å²) in [4.78, 5) is 23.1. The Balaban J connectivity index is 1.32. The predicted molar refractivity (Wildman–Crippen MR) is 169 cm³/mol. The third-order valence-electron chi connectivity index (χ3n) is 7.33. The Hall–Kier alpha value is -4.60. The Morgan fingerprint density at radius 2 is 1.63 bits per heavy atom. The molecule has 1 saturated heterocycles. The number of fused-ring (bicyclic) bond motifs is 1. The van der Waals surface area contributed by atoms with Crippen molar-refractivity contribution in [2.45, 2.75) is 25.4 Å². The molecule has 9 nitrogen and oxygen atoms in total. The van der Waals surface area contributed by atoms with Gasteiger partial charge in [0.2, 0.25) is 0 Å². The molecule has 1 fully saturated rings. The number of nitrogens with two attached hydrogens (primary N) is 3. The SMILES string of the molecule is CN=CN(C(=C/CN)/N=C\N)C1CCN(Cc2ccc(-c3nc4cc(N)ccc4nc3-c3ccccc3)cc2)CC1. The Labute approximate surface area is 241 Å². The average molecular weight is 548 g/mol. The van der Waals surface area contributed by atoms with E-state index >= 15 is 0 Å². The minimum Gasteiger partial charge on any atom is -0.399 e. The Bertz CT molecular complexity index is 1540. The van der Waals surface area contributed by atoms with Crippen LogP contribution in [0, 0.1) is 0 Å². The summed E-state index contributed by atoms with van der Waals surface area (Å²) in [6, 6.07) is 24.8. The Morgan fingerprint density at radius 3 is 2.29 bits per heavy atom. The topological polar surface area (TPSA) is 135 Å². The van der Waals surface area contributed by atoms with Gasteiger partial charge in [-0.05, 0) is 42.7 Å². The number of nitrogen functional groups attached to an aromatic ring is 1. The van der Waals surface area contributed by atoms with E-state index in [1.54, 1.807) is 7.05 Å². The van der Waals surface area contributed by atoms with Gasteiger partial charge in [-0.1, -0.05) is 54.6 Å². The molecular weight excluding hydrogens is 510 g/mol. The van der Waals surface area contributed by atoms with Crippen LogP contribution in [-0.2, 0) is 6.54 Å². The summed E-state index contributed by atoms with van der Waals surface area (Å²) < 4.78 is 0. The number of hydrogen-bond donors (Lipinski definition) is 3. The minimum absolute atomic E-state index is 0.288. The Morgan fingerprint density at radius 1 is 0.951 bits per heavy atom. The van der Waals surface area contributed by atoms with E-state index in [1.807, 2.05) is 48.8 Å². The number of nitrogens with zero attached hydrogens (tertiary/aromatic N) is 6. The summed E-state index contributed by atoms with van der Waals surface area (Å²) in [5.74, 6) is 0.740. The highest BCUT2D eigenvalue weighted by Gasteiger charge is 2.25. The van der Waals surface area contributed by atoms with Crippen molar-refractivity contribution in [2.75, 3.05) is 32.4 Å². The van der Waals surface area contributed by atoms with Gasteiger partial charge in [0.1, 0.15) is 5.82 Å². The first kappa shape index (κ1) is 27.9. The molecule has 1 aliphatic rings. The standard InChI is InChI=1S/C32H37N9/c1-36-22-41(30(13-16-33)37-21-34)27-14-17-40(18-15-27)20-23-7-9-25(10-8-23)32-31(24-5-3-2-4-6-24)38-28-12-11-26(35)19-29(28)39-32/h2-13,19,21-22,27H,14-18,20,33,35H2,1H3,(H2,34,37)/b30-13+,36-22?. The molecule has 0 spiro atoms. The molecule has 0 radical (unpaired) electrons. The fourth-order valence-corrected chi connectivity index (χ4v) is 5.32. The third kappa shape index (κ3) is 6.59. The van der Waals surface area contributed by atoms with Crippen LogP contribution in [-0.4, -0.2) is 65.2 Å². The summed E-state index contributed by atoms with van der Waals surface area (Å²) in [5.41, 5.74) is 24.7. The minimum atomic E-state index is 0.288. The van der Waals surface area contributed by atoms with Crippen molar-refractivity contribution in [3.63, 3.8) is 0 Å². The molecule has 9 heteroatoms. The molecule has 6 N–H and O–H groups in total. The largest absolute Gasteiger partial charge is 0.399 e. The highest BCUT2D eigenvalue weighted by Crippen LogP contribution is 2.32. The van der Waals surface area contributed by atoms with E-state index in [1.165, 1.54) is 11.9 Å². The zero-order chi connectivity index (χ0) is 28.6. The molecule has 0 aliphatic carbocycles. The van der Waals surface area contributed by atoms with Gasteiger partial charge >= 0.3 is 0 Å². The van der Waals surface area contributed by atoms with E-state index in [9.17, 15) is 0 Å². The molecule has 2 heterocycles. The van der Waals surface area contributed by atoms with Gasteiger partial charge < -0.3 is 22.1 Å². The predicted octanol–water partition coefficient (Wildman–Crippen LogP) is 4.26. The molecule has 1 aliphatic heterocycles. The fraction of sp³-hybridized carbons (Fsp3) is 0.250. The van der Waals surface area contributed by atoms with Crippen LogP contribution in [0.4, 0.5) is 5.69 Å². The molecule has 0 unspecified atom stereocenters. The van der Waals surface area contributed by atoms with E-state index in [0.717, 1.165) is 71.8 Å². The molecule has 4 aromatic rings. The monoisotopic (exact) mass is 547 g/mol. The maximum absolute atomic E-state index is 6.05. The summed E-state index contributed by atoms with van der Waals surface area (Å²) in [6.07, 6.45) is 6.97. The van der Waals surface area contributed by atoms with Crippen LogP contribution < -0.4 is 17.2 Å². The summed E-state index contributed by atoms with van der Waals surface area (Å²) >= 11 is 0. The molecule has 0 amide bonds. The van der Waals surface area contributed by atoms with Crippen LogP contribution in [0.15, 0.2) is 94.7 Å². The lowest BCUT2D eigenvalue weighted by Gasteiger charge is -2.37. The number of likely N-dealkylation sites (tertiary alicyclic amines) is 1. The van der Waals surface area contributed by atoms with Crippen LogP contribution in [0.5, 0.6) is 0 Å². The van der Waals surface area contributed by atoms with Gasteiger partial charge in [0.15, 0.2) is 0 Å². The molecule has 0 atom stereocenters. The highest BCUT2D eigenvalue weighted by atomic mass is 15.3. The van der Waals surface area contributed by atoms with Crippen molar-refractivity contribution in [2.24, 2.45) is 21.5 Å². The van der Waals surface area contributed by atoms with Crippen molar-refractivity contribution < 1.29 is 0 Å². The van der Waals surface area contributed by atoms with Crippen LogP contribution in [0.1, 0.15) is 18.4 Å². The number of hydrogen-bond acceptors (Lipinski definition) is 7. The smallest absolute Gasteiger partial charge is 0.132 e. The first-order chi connectivity index (χ1) is 20.1. The second kappa shape index (κ2) is 13.2. The van der Waals surface area contributed by atoms with E-state index in [0.29, 0.717) is 12.2 Å². The Kier molecular flexibility index (Phi) is 8.98. The third-order valence-corrected chi connectivity index (χ3v) is 7.33. The van der Waals surface area contributed by atoms with Gasteiger partial charge in [-0.25, -0.2) is 15.0 Å². The van der Waals surface area contributed by atoms with Crippen LogP contribution in [0.2, 0.25) is 0 Å². The maximum Gasteiger partial charge on any atom is 0.132 e. The van der Waals surface area contributed by atoms with Crippen molar-refractivity contribution in [3.05, 3.63) is 90.3 Å². The second-order valence-electron chi connectivity index (χ2n) is 10.1. The van der Waals surface area contributed by atoms with Gasteiger partial charge in [-0.15, -0.1) is 0 Å². The maximum atomic E-state index is 6.05. The van der Waals surface area contributed by atoms with Crippen molar-refractivity contribution in [3.8, 4) is 22.5 Å². The zero-order valence-electron chi connectivity index (χ0n) is 23.4. The molecule has 41 heavy (non-hydrogen) atoms. The van der Waals surface area contributed by atoms with Gasteiger partial charge in [0.05, 0.1) is 35.1 Å². The second-order valence-corrected chi connectivity index (χ2v) is 10.1. The summed E-state index contributed by atoms with van der Waals surface area (Å²) in [5, 5.41) is 0. The molecule has 0 bridgehead atoms. The summed E-state index contributed by atoms with van der Waals surface area (Å²) in [6.45, 7) is 3.21.